The van der Waals surface area contributed by atoms with Crippen LogP contribution in [0.3, 0.4) is 0 Å². The van der Waals surface area contributed by atoms with Crippen molar-refractivity contribution in [3.05, 3.63) is 47.2 Å². The van der Waals surface area contributed by atoms with Crippen molar-refractivity contribution in [2.24, 2.45) is 0 Å². The molecule has 26 heavy (non-hydrogen) atoms. The van der Waals surface area contributed by atoms with E-state index >= 15 is 0 Å². The number of hydrogen-bond acceptors (Lipinski definition) is 4. The van der Waals surface area contributed by atoms with E-state index in [1.807, 2.05) is 51.2 Å². The van der Waals surface area contributed by atoms with E-state index in [4.69, 9.17) is 0 Å². The van der Waals surface area contributed by atoms with Crippen LogP contribution in [0.2, 0.25) is 0 Å². The molecule has 2 heterocycles. The SMILES string of the molecule is CNc1n[nH]c2c1CN(C(=O)NC(c1ccccc1)C(C)(C)O)C2(C)C. The molecule has 2 amide bonds. The number of nitrogens with one attached hydrogen (secondary N) is 3. The lowest BCUT2D eigenvalue weighted by molar-refractivity contribution is 0.0354. The van der Waals surface area contributed by atoms with Crippen molar-refractivity contribution in [3.8, 4) is 0 Å². The summed E-state index contributed by atoms with van der Waals surface area (Å²) in [5.74, 6) is 0.755. The Labute approximate surface area is 153 Å². The van der Waals surface area contributed by atoms with Gasteiger partial charge in [-0.25, -0.2) is 4.79 Å². The highest BCUT2D eigenvalue weighted by molar-refractivity contribution is 5.77. The number of carbonyl (C=O) groups excluding carboxylic acids is 1. The molecule has 0 fully saturated rings. The van der Waals surface area contributed by atoms with Gasteiger partial charge in [-0.3, -0.25) is 5.10 Å². The van der Waals surface area contributed by atoms with Gasteiger partial charge in [0, 0.05) is 12.6 Å². The van der Waals surface area contributed by atoms with E-state index in [1.165, 1.54) is 0 Å². The summed E-state index contributed by atoms with van der Waals surface area (Å²) in [5.41, 5.74) is 1.15. The number of rotatable bonds is 4. The number of carbonyl (C=O) groups is 1. The summed E-state index contributed by atoms with van der Waals surface area (Å²) >= 11 is 0. The van der Waals surface area contributed by atoms with Crippen molar-refractivity contribution in [2.75, 3.05) is 12.4 Å². The summed E-state index contributed by atoms with van der Waals surface area (Å²) in [6, 6.07) is 8.78. The number of H-pyrrole nitrogens is 1. The van der Waals surface area contributed by atoms with Crippen LogP contribution in [-0.2, 0) is 12.1 Å². The highest BCUT2D eigenvalue weighted by Crippen LogP contribution is 2.40. The highest BCUT2D eigenvalue weighted by Gasteiger charge is 2.44. The van der Waals surface area contributed by atoms with Gasteiger partial charge in [0.2, 0.25) is 0 Å². The molecule has 0 aliphatic carbocycles. The number of urea groups is 1. The minimum absolute atomic E-state index is 0.224. The molecule has 0 saturated heterocycles. The van der Waals surface area contributed by atoms with Gasteiger partial charge in [0.1, 0.15) is 0 Å². The first-order chi connectivity index (χ1) is 12.2. The van der Waals surface area contributed by atoms with E-state index in [9.17, 15) is 9.90 Å². The highest BCUT2D eigenvalue weighted by atomic mass is 16.3. The summed E-state index contributed by atoms with van der Waals surface area (Å²) in [7, 11) is 1.81. The minimum atomic E-state index is -1.10. The van der Waals surface area contributed by atoms with E-state index < -0.39 is 17.2 Å². The number of anilines is 1. The Bertz CT molecular complexity index is 792. The van der Waals surface area contributed by atoms with Crippen LogP contribution >= 0.6 is 0 Å². The van der Waals surface area contributed by atoms with Crippen molar-refractivity contribution >= 4 is 11.8 Å². The van der Waals surface area contributed by atoms with Crippen molar-refractivity contribution < 1.29 is 9.90 Å². The van der Waals surface area contributed by atoms with Crippen molar-refractivity contribution in [2.45, 2.75) is 51.4 Å². The number of amides is 2. The van der Waals surface area contributed by atoms with Crippen LogP contribution in [0.25, 0.3) is 0 Å². The van der Waals surface area contributed by atoms with E-state index in [0.29, 0.717) is 6.54 Å². The molecule has 3 rings (SSSR count). The molecule has 4 N–H and O–H groups in total. The number of aromatic nitrogens is 2. The molecule has 1 aromatic carbocycles. The van der Waals surface area contributed by atoms with Gasteiger partial charge >= 0.3 is 6.03 Å². The van der Waals surface area contributed by atoms with Crippen LogP contribution in [0.1, 0.15) is 50.6 Å². The van der Waals surface area contributed by atoms with Crippen molar-refractivity contribution in [1.82, 2.24) is 20.4 Å². The number of aromatic amines is 1. The molecule has 0 radical (unpaired) electrons. The molecule has 1 aromatic heterocycles. The molecular formula is C19H27N5O2. The Morgan fingerprint density at radius 2 is 2.00 bits per heavy atom. The van der Waals surface area contributed by atoms with Gasteiger partial charge in [0.05, 0.1) is 29.4 Å². The van der Waals surface area contributed by atoms with Crippen molar-refractivity contribution in [3.63, 3.8) is 0 Å². The molecule has 1 unspecified atom stereocenters. The minimum Gasteiger partial charge on any atom is -0.388 e. The summed E-state index contributed by atoms with van der Waals surface area (Å²) in [4.78, 5) is 14.9. The molecule has 2 aromatic rings. The number of aliphatic hydroxyl groups is 1. The first kappa shape index (κ1) is 18.3. The van der Waals surface area contributed by atoms with E-state index in [2.05, 4.69) is 20.8 Å². The Balaban J connectivity index is 1.86. The standard InChI is InChI=1S/C19H27N5O2/c1-18(2)15-13(16(20-5)23-22-15)11-24(18)17(25)21-14(19(3,4)26)12-9-7-6-8-10-12/h6-10,14,26H,11H2,1-5H3,(H,21,25)(H2,20,22,23). The average Bonchev–Trinajstić information content (AvgIpc) is 3.10. The zero-order valence-electron chi connectivity index (χ0n) is 15.9. The third-order valence-corrected chi connectivity index (χ3v) is 5.06. The maximum atomic E-state index is 13.1. The smallest absolute Gasteiger partial charge is 0.319 e. The molecule has 0 spiro atoms. The van der Waals surface area contributed by atoms with Gasteiger partial charge < -0.3 is 20.6 Å². The molecule has 140 valence electrons. The monoisotopic (exact) mass is 357 g/mol. The van der Waals surface area contributed by atoms with Gasteiger partial charge in [-0.1, -0.05) is 30.3 Å². The number of nitrogens with zero attached hydrogens (tertiary/aromatic N) is 2. The lowest BCUT2D eigenvalue weighted by Crippen LogP contribution is -2.51. The normalized spacial score (nSPS) is 16.9. The molecule has 1 atom stereocenters. The maximum Gasteiger partial charge on any atom is 0.319 e. The maximum absolute atomic E-state index is 13.1. The molecular weight excluding hydrogens is 330 g/mol. The molecule has 7 heteroatoms. The summed E-state index contributed by atoms with van der Waals surface area (Å²) in [6.45, 7) is 7.82. The average molecular weight is 357 g/mol. The van der Waals surface area contributed by atoms with Crippen LogP contribution in [0.5, 0.6) is 0 Å². The fourth-order valence-electron chi connectivity index (χ4n) is 3.56. The predicted molar refractivity (Wildman–Crippen MR) is 101 cm³/mol. The van der Waals surface area contributed by atoms with Crippen LogP contribution < -0.4 is 10.6 Å². The van der Waals surface area contributed by atoms with Gasteiger partial charge in [0.25, 0.3) is 0 Å². The summed E-state index contributed by atoms with van der Waals surface area (Å²) < 4.78 is 0. The Morgan fingerprint density at radius 3 is 2.58 bits per heavy atom. The second kappa shape index (κ2) is 6.32. The second-order valence-electron chi connectivity index (χ2n) is 7.77. The second-order valence-corrected chi connectivity index (χ2v) is 7.77. The van der Waals surface area contributed by atoms with Gasteiger partial charge in [0.15, 0.2) is 5.82 Å². The van der Waals surface area contributed by atoms with Crippen LogP contribution in [0, 0.1) is 0 Å². The fourth-order valence-corrected chi connectivity index (χ4v) is 3.56. The first-order valence-corrected chi connectivity index (χ1v) is 8.77. The molecule has 7 nitrogen and oxygen atoms in total. The van der Waals surface area contributed by atoms with Gasteiger partial charge in [-0.05, 0) is 33.3 Å². The Kier molecular flexibility index (Phi) is 4.44. The molecule has 1 aliphatic heterocycles. The zero-order valence-corrected chi connectivity index (χ0v) is 15.9. The molecule has 0 saturated carbocycles. The first-order valence-electron chi connectivity index (χ1n) is 8.77. The Hall–Kier alpha value is -2.54. The summed E-state index contributed by atoms with van der Waals surface area (Å²) in [6.07, 6.45) is 0. The predicted octanol–water partition coefficient (Wildman–Crippen LogP) is 2.72. The van der Waals surface area contributed by atoms with Gasteiger partial charge in [-0.2, -0.15) is 5.10 Å². The molecule has 1 aliphatic rings. The van der Waals surface area contributed by atoms with E-state index in [1.54, 1.807) is 18.7 Å². The lowest BCUT2D eigenvalue weighted by Gasteiger charge is -2.36. The Morgan fingerprint density at radius 1 is 1.35 bits per heavy atom. The van der Waals surface area contributed by atoms with Crippen LogP contribution in [0.4, 0.5) is 10.6 Å². The van der Waals surface area contributed by atoms with E-state index in [-0.39, 0.29) is 6.03 Å². The number of fused-ring (bicyclic) bond motifs is 1. The topological polar surface area (TPSA) is 93.3 Å². The van der Waals surface area contributed by atoms with Crippen LogP contribution in [0.15, 0.2) is 30.3 Å². The number of benzene rings is 1. The van der Waals surface area contributed by atoms with Crippen molar-refractivity contribution in [1.29, 1.82) is 0 Å². The quantitative estimate of drug-likeness (QED) is 0.677. The third-order valence-electron chi connectivity index (χ3n) is 5.06. The van der Waals surface area contributed by atoms with Gasteiger partial charge in [-0.15, -0.1) is 0 Å². The molecule has 0 bridgehead atoms. The largest absolute Gasteiger partial charge is 0.388 e. The number of hydrogen-bond donors (Lipinski definition) is 4. The van der Waals surface area contributed by atoms with E-state index in [0.717, 1.165) is 22.6 Å². The van der Waals surface area contributed by atoms with Crippen LogP contribution in [-0.4, -0.2) is 38.9 Å². The third kappa shape index (κ3) is 3.03. The zero-order chi connectivity index (χ0) is 19.1. The summed E-state index contributed by atoms with van der Waals surface area (Å²) in [5, 5.41) is 24.0. The fraction of sp³-hybridized carbons (Fsp3) is 0.474. The lowest BCUT2D eigenvalue weighted by atomic mass is 9.92.